The smallest absolute Gasteiger partial charge is 0.266 e. The molecule has 8 heteroatoms. The SMILES string of the molecule is Cc1nc(-n2ccc3c(cnc4ccn(-c5ccc(C)c(C)c5)c(=O)c43)c2=O)n[nH]1. The maximum absolute atomic E-state index is 13.4. The van der Waals surface area contributed by atoms with Crippen molar-refractivity contribution in [2.45, 2.75) is 20.8 Å². The van der Waals surface area contributed by atoms with E-state index in [1.807, 2.05) is 32.0 Å². The summed E-state index contributed by atoms with van der Waals surface area (Å²) < 4.78 is 2.92. The molecule has 0 aliphatic carbocycles. The normalized spacial score (nSPS) is 11.4. The van der Waals surface area contributed by atoms with Gasteiger partial charge < -0.3 is 0 Å². The monoisotopic (exact) mass is 398 g/mol. The van der Waals surface area contributed by atoms with Crippen LogP contribution < -0.4 is 11.1 Å². The third-order valence-corrected chi connectivity index (χ3v) is 5.37. The fourth-order valence-corrected chi connectivity index (χ4v) is 3.59. The summed E-state index contributed by atoms with van der Waals surface area (Å²) in [6, 6.07) is 9.39. The van der Waals surface area contributed by atoms with Crippen LogP contribution in [0.5, 0.6) is 0 Å². The number of H-pyrrole nitrogens is 1. The molecule has 0 saturated heterocycles. The highest BCUT2D eigenvalue weighted by Crippen LogP contribution is 2.20. The van der Waals surface area contributed by atoms with Gasteiger partial charge in [-0.25, -0.2) is 0 Å². The van der Waals surface area contributed by atoms with Gasteiger partial charge in [-0.1, -0.05) is 6.07 Å². The Bertz CT molecular complexity index is 1570. The van der Waals surface area contributed by atoms with E-state index >= 15 is 0 Å². The van der Waals surface area contributed by atoms with Gasteiger partial charge >= 0.3 is 0 Å². The molecule has 0 fully saturated rings. The van der Waals surface area contributed by atoms with Crippen molar-refractivity contribution in [3.63, 3.8) is 0 Å². The number of nitrogens with one attached hydrogen (secondary N) is 1. The molecule has 4 heterocycles. The first-order valence-corrected chi connectivity index (χ1v) is 9.47. The summed E-state index contributed by atoms with van der Waals surface area (Å²) in [4.78, 5) is 35.0. The van der Waals surface area contributed by atoms with Crippen molar-refractivity contribution in [3.8, 4) is 11.6 Å². The molecule has 5 rings (SSSR count). The molecule has 1 N–H and O–H groups in total. The third-order valence-electron chi connectivity index (χ3n) is 5.37. The highest BCUT2D eigenvalue weighted by Gasteiger charge is 2.14. The summed E-state index contributed by atoms with van der Waals surface area (Å²) >= 11 is 0. The summed E-state index contributed by atoms with van der Waals surface area (Å²) in [5.41, 5.74) is 3.01. The van der Waals surface area contributed by atoms with Gasteiger partial charge in [0, 0.05) is 29.7 Å². The molecule has 0 radical (unpaired) electrons. The van der Waals surface area contributed by atoms with E-state index in [4.69, 9.17) is 0 Å². The van der Waals surface area contributed by atoms with Crippen molar-refractivity contribution in [1.29, 1.82) is 0 Å². The van der Waals surface area contributed by atoms with Crippen molar-refractivity contribution < 1.29 is 0 Å². The van der Waals surface area contributed by atoms with Crippen LogP contribution in [-0.4, -0.2) is 29.3 Å². The van der Waals surface area contributed by atoms with E-state index in [1.54, 1.807) is 36.0 Å². The van der Waals surface area contributed by atoms with Crippen molar-refractivity contribution in [2.24, 2.45) is 0 Å². The zero-order valence-corrected chi connectivity index (χ0v) is 16.7. The van der Waals surface area contributed by atoms with Gasteiger partial charge in [-0.15, -0.1) is 5.10 Å². The first-order valence-electron chi connectivity index (χ1n) is 9.47. The molecule has 0 atom stereocenters. The third kappa shape index (κ3) is 2.65. The molecule has 0 unspecified atom stereocenters. The number of benzene rings is 1. The number of pyridine rings is 3. The van der Waals surface area contributed by atoms with Crippen LogP contribution in [0.1, 0.15) is 17.0 Å². The van der Waals surface area contributed by atoms with Gasteiger partial charge in [0.2, 0.25) is 0 Å². The van der Waals surface area contributed by atoms with Crippen molar-refractivity contribution in [3.05, 3.63) is 86.6 Å². The lowest BCUT2D eigenvalue weighted by Gasteiger charge is -2.11. The summed E-state index contributed by atoms with van der Waals surface area (Å²) in [6.07, 6.45) is 4.79. The van der Waals surface area contributed by atoms with Gasteiger partial charge in [0.15, 0.2) is 0 Å². The Morgan fingerprint density at radius 3 is 2.40 bits per heavy atom. The molecule has 0 spiro atoms. The van der Waals surface area contributed by atoms with Gasteiger partial charge in [-0.3, -0.25) is 28.8 Å². The highest BCUT2D eigenvalue weighted by molar-refractivity contribution is 6.04. The zero-order chi connectivity index (χ0) is 21.0. The first-order chi connectivity index (χ1) is 14.4. The van der Waals surface area contributed by atoms with Gasteiger partial charge in [0.05, 0.1) is 16.3 Å². The van der Waals surface area contributed by atoms with Crippen molar-refractivity contribution in [2.75, 3.05) is 0 Å². The molecule has 5 aromatic rings. The Balaban J connectivity index is 1.80. The largest absolute Gasteiger partial charge is 0.284 e. The lowest BCUT2D eigenvalue weighted by molar-refractivity contribution is 0.902. The summed E-state index contributed by atoms with van der Waals surface area (Å²) in [6.45, 7) is 5.79. The fraction of sp³-hybridized carbons (Fsp3) is 0.136. The number of nitrogens with zero attached hydrogens (tertiary/aromatic N) is 5. The summed E-state index contributed by atoms with van der Waals surface area (Å²) in [5.74, 6) is 0.852. The van der Waals surface area contributed by atoms with E-state index in [9.17, 15) is 9.59 Å². The van der Waals surface area contributed by atoms with Crippen LogP contribution in [0, 0.1) is 20.8 Å². The quantitative estimate of drug-likeness (QED) is 0.461. The minimum atomic E-state index is -0.332. The molecular formula is C22H18N6O2. The number of aromatic nitrogens is 6. The van der Waals surface area contributed by atoms with Crippen LogP contribution in [0.2, 0.25) is 0 Å². The van der Waals surface area contributed by atoms with E-state index in [0.717, 1.165) is 16.8 Å². The Morgan fingerprint density at radius 2 is 1.67 bits per heavy atom. The molecular weight excluding hydrogens is 380 g/mol. The predicted molar refractivity (Wildman–Crippen MR) is 115 cm³/mol. The number of aromatic amines is 1. The number of hydrogen-bond donors (Lipinski definition) is 1. The van der Waals surface area contributed by atoms with E-state index in [1.165, 1.54) is 10.8 Å². The van der Waals surface area contributed by atoms with Gasteiger partial charge in [0.1, 0.15) is 5.82 Å². The Labute approximate surface area is 170 Å². The molecule has 0 saturated carbocycles. The molecule has 0 bridgehead atoms. The molecule has 30 heavy (non-hydrogen) atoms. The second kappa shape index (κ2) is 6.48. The molecule has 8 nitrogen and oxygen atoms in total. The second-order valence-corrected chi connectivity index (χ2v) is 7.32. The van der Waals surface area contributed by atoms with Crippen LogP contribution >= 0.6 is 0 Å². The summed E-state index contributed by atoms with van der Waals surface area (Å²) in [7, 11) is 0. The molecule has 4 aromatic heterocycles. The number of hydrogen-bond acceptors (Lipinski definition) is 5. The van der Waals surface area contributed by atoms with Crippen molar-refractivity contribution in [1.82, 2.24) is 29.3 Å². The van der Waals surface area contributed by atoms with Gasteiger partial charge in [0.25, 0.3) is 17.1 Å². The maximum Gasteiger partial charge on any atom is 0.266 e. The van der Waals surface area contributed by atoms with Crippen LogP contribution in [0.15, 0.2) is 58.5 Å². The Hall–Kier alpha value is -4.07. The minimum Gasteiger partial charge on any atom is -0.284 e. The van der Waals surface area contributed by atoms with E-state index in [-0.39, 0.29) is 17.1 Å². The fourth-order valence-electron chi connectivity index (χ4n) is 3.59. The second-order valence-electron chi connectivity index (χ2n) is 7.32. The Kier molecular flexibility index (Phi) is 3.89. The lowest BCUT2D eigenvalue weighted by Crippen LogP contribution is -2.22. The first kappa shape index (κ1) is 18.0. The van der Waals surface area contributed by atoms with Crippen molar-refractivity contribution >= 4 is 21.7 Å². The average molecular weight is 398 g/mol. The van der Waals surface area contributed by atoms with Crippen LogP contribution in [0.25, 0.3) is 33.3 Å². The van der Waals surface area contributed by atoms with E-state index in [2.05, 4.69) is 20.2 Å². The zero-order valence-electron chi connectivity index (χ0n) is 16.7. The molecule has 0 amide bonds. The topological polar surface area (TPSA) is 98.5 Å². The van der Waals surface area contributed by atoms with Crippen LogP contribution in [-0.2, 0) is 0 Å². The molecule has 0 aliphatic rings. The lowest BCUT2D eigenvalue weighted by atomic mass is 10.1. The van der Waals surface area contributed by atoms with Crippen LogP contribution in [0.4, 0.5) is 0 Å². The number of rotatable bonds is 2. The summed E-state index contributed by atoms with van der Waals surface area (Å²) in [5, 5.41) is 8.06. The standard InChI is InChI=1S/C22H18N6O2/c1-12-4-5-15(10-13(12)2)27-9-7-18-19(21(27)30)16-6-8-28(20(29)17(16)11-23-18)22-24-14(3)25-26-22/h4-11H,1-3H3,(H,24,25,26). The average Bonchev–Trinajstić information content (AvgIpc) is 3.16. The molecule has 0 aliphatic heterocycles. The van der Waals surface area contributed by atoms with E-state index < -0.39 is 0 Å². The molecule has 148 valence electrons. The predicted octanol–water partition coefficient (Wildman–Crippen LogP) is 2.73. The Morgan fingerprint density at radius 1 is 0.867 bits per heavy atom. The number of fused-ring (bicyclic) bond motifs is 3. The van der Waals surface area contributed by atoms with Gasteiger partial charge in [-0.05, 0) is 56.2 Å². The van der Waals surface area contributed by atoms with Crippen LogP contribution in [0.3, 0.4) is 0 Å². The van der Waals surface area contributed by atoms with E-state index in [0.29, 0.717) is 27.5 Å². The highest BCUT2D eigenvalue weighted by atomic mass is 16.1. The van der Waals surface area contributed by atoms with Gasteiger partial charge in [-0.2, -0.15) is 4.98 Å². The minimum absolute atomic E-state index is 0.222. The molecule has 1 aromatic carbocycles. The number of aryl methyl sites for hydroxylation is 3. The maximum atomic E-state index is 13.4.